The SMILES string of the molecule is CC.CC.CC.CC(C)CCCCC1CC[C@H]2[C@@H]3CC=C4C[C@@H](OC(=O)[C@]56CCC(C(C)C)C5[C@H]5CC[C@H]7[C@@](C)(CCC8C(C)(C)C(C)CC[C@@]87C)C5CC6)CC[C@]4(C)[C@H]3CC[C@]12C. The van der Waals surface area contributed by atoms with Crippen LogP contribution in [-0.4, -0.2) is 12.1 Å². The average molecular weight is 888 g/mol. The number of allylic oxidation sites excluding steroid dienone is 1. The Labute approximate surface area is 400 Å². The maximum Gasteiger partial charge on any atom is 0.312 e. The van der Waals surface area contributed by atoms with Crippen molar-refractivity contribution in [2.45, 2.75) is 265 Å². The number of carbonyl (C=O) groups is 1. The highest BCUT2D eigenvalue weighted by molar-refractivity contribution is 5.78. The molecule has 2 heteroatoms. The van der Waals surface area contributed by atoms with E-state index >= 15 is 4.79 Å². The molecule has 0 N–H and O–H groups in total. The van der Waals surface area contributed by atoms with Gasteiger partial charge in [0.05, 0.1) is 5.41 Å². The van der Waals surface area contributed by atoms with Gasteiger partial charge in [0.15, 0.2) is 0 Å². The summed E-state index contributed by atoms with van der Waals surface area (Å²) in [5.74, 6) is 10.5. The number of unbranched alkanes of at least 4 members (excludes halogenated alkanes) is 1. The summed E-state index contributed by atoms with van der Waals surface area (Å²) >= 11 is 0. The molecule has 64 heavy (non-hydrogen) atoms. The fourth-order valence-electron chi connectivity index (χ4n) is 20.1. The summed E-state index contributed by atoms with van der Waals surface area (Å²) in [5, 5.41) is 0. The van der Waals surface area contributed by atoms with E-state index in [2.05, 4.69) is 82.2 Å². The molecule has 370 valence electrons. The molecule has 8 fully saturated rings. The van der Waals surface area contributed by atoms with Crippen LogP contribution in [0.1, 0.15) is 259 Å². The highest BCUT2D eigenvalue weighted by atomic mass is 16.5. The Hall–Kier alpha value is -0.790. The molecule has 0 aliphatic heterocycles. The van der Waals surface area contributed by atoms with Crippen LogP contribution >= 0.6 is 0 Å². The predicted molar refractivity (Wildman–Crippen MR) is 276 cm³/mol. The van der Waals surface area contributed by atoms with Gasteiger partial charge in [-0.15, -0.1) is 0 Å². The smallest absolute Gasteiger partial charge is 0.312 e. The van der Waals surface area contributed by atoms with Gasteiger partial charge in [-0.1, -0.05) is 149 Å². The number of hydrogen-bond donors (Lipinski definition) is 0. The normalized spacial score (nSPS) is 47.1. The van der Waals surface area contributed by atoms with Gasteiger partial charge in [-0.25, -0.2) is 0 Å². The minimum atomic E-state index is -0.239. The van der Waals surface area contributed by atoms with Crippen LogP contribution in [0.3, 0.4) is 0 Å². The molecule has 9 aliphatic carbocycles. The Morgan fingerprint density at radius 1 is 0.641 bits per heavy atom. The summed E-state index contributed by atoms with van der Waals surface area (Å²) in [6, 6.07) is 0. The first-order valence-corrected chi connectivity index (χ1v) is 29.3. The Bertz CT molecular complexity index is 1570. The van der Waals surface area contributed by atoms with Gasteiger partial charge < -0.3 is 4.74 Å². The first kappa shape index (κ1) is 52.6. The van der Waals surface area contributed by atoms with Crippen LogP contribution in [0, 0.1) is 109 Å². The van der Waals surface area contributed by atoms with E-state index in [0.717, 1.165) is 78.9 Å². The van der Waals surface area contributed by atoms with Crippen molar-refractivity contribution in [1.29, 1.82) is 0 Å². The van der Waals surface area contributed by atoms with Crippen molar-refractivity contribution in [3.05, 3.63) is 11.6 Å². The third kappa shape index (κ3) is 8.54. The average Bonchev–Trinajstić information content (AvgIpc) is 3.85. The quantitative estimate of drug-likeness (QED) is 0.138. The summed E-state index contributed by atoms with van der Waals surface area (Å²) in [6.45, 7) is 40.5. The summed E-state index contributed by atoms with van der Waals surface area (Å²) < 4.78 is 7.01. The van der Waals surface area contributed by atoms with E-state index in [0.29, 0.717) is 50.7 Å². The molecule has 0 amide bonds. The highest BCUT2D eigenvalue weighted by Crippen LogP contribution is 2.75. The molecule has 0 aromatic rings. The number of hydrogen-bond acceptors (Lipinski definition) is 2. The van der Waals surface area contributed by atoms with Crippen molar-refractivity contribution >= 4 is 5.97 Å². The summed E-state index contributed by atoms with van der Waals surface area (Å²) in [4.78, 5) is 15.2. The van der Waals surface area contributed by atoms with Crippen molar-refractivity contribution in [1.82, 2.24) is 0 Å². The molecule has 0 aromatic carbocycles. The number of fused-ring (bicyclic) bond motifs is 12. The van der Waals surface area contributed by atoms with Crippen LogP contribution in [-0.2, 0) is 9.53 Å². The highest BCUT2D eigenvalue weighted by Gasteiger charge is 2.69. The minimum absolute atomic E-state index is 0.0882. The van der Waals surface area contributed by atoms with Crippen LogP contribution < -0.4 is 0 Å². The van der Waals surface area contributed by atoms with Gasteiger partial charge in [0.1, 0.15) is 6.10 Å². The number of carbonyl (C=O) groups excluding carboxylic acids is 1. The largest absolute Gasteiger partial charge is 0.462 e. The molecule has 0 bridgehead atoms. The topological polar surface area (TPSA) is 26.3 Å². The summed E-state index contributed by atoms with van der Waals surface area (Å²) in [7, 11) is 0. The van der Waals surface area contributed by atoms with Crippen LogP contribution in [0.15, 0.2) is 11.6 Å². The molecule has 6 unspecified atom stereocenters. The fourth-order valence-corrected chi connectivity index (χ4v) is 20.1. The molecule has 2 nitrogen and oxygen atoms in total. The Morgan fingerprint density at radius 2 is 1.28 bits per heavy atom. The van der Waals surface area contributed by atoms with Crippen molar-refractivity contribution < 1.29 is 9.53 Å². The number of rotatable bonds is 8. The lowest BCUT2D eigenvalue weighted by molar-refractivity contribution is -0.213. The van der Waals surface area contributed by atoms with Gasteiger partial charge in [0, 0.05) is 6.42 Å². The second-order valence-electron chi connectivity index (χ2n) is 26.5. The first-order valence-electron chi connectivity index (χ1n) is 29.3. The van der Waals surface area contributed by atoms with E-state index in [-0.39, 0.29) is 17.5 Å². The Balaban J connectivity index is 0.00000109. The molecule has 0 radical (unpaired) electrons. The lowest BCUT2D eigenvalue weighted by atomic mass is 9.35. The van der Waals surface area contributed by atoms with Gasteiger partial charge in [-0.05, 0) is 220 Å². The monoisotopic (exact) mass is 887 g/mol. The van der Waals surface area contributed by atoms with E-state index in [1.165, 1.54) is 116 Å². The van der Waals surface area contributed by atoms with E-state index < -0.39 is 0 Å². The molecule has 8 saturated carbocycles. The summed E-state index contributed by atoms with van der Waals surface area (Å²) in [5.41, 5.74) is 3.67. The third-order valence-electron chi connectivity index (χ3n) is 23.6. The molecular formula is C62H110O2. The van der Waals surface area contributed by atoms with Gasteiger partial charge in [0.25, 0.3) is 0 Å². The van der Waals surface area contributed by atoms with Gasteiger partial charge in [-0.2, -0.15) is 0 Å². The zero-order chi connectivity index (χ0) is 47.2. The lowest BCUT2D eigenvalue weighted by Gasteiger charge is -2.69. The van der Waals surface area contributed by atoms with Crippen LogP contribution in [0.25, 0.3) is 0 Å². The first-order chi connectivity index (χ1) is 30.4. The zero-order valence-corrected chi connectivity index (χ0v) is 46.0. The Morgan fingerprint density at radius 3 is 1.97 bits per heavy atom. The van der Waals surface area contributed by atoms with Gasteiger partial charge in [0.2, 0.25) is 0 Å². The van der Waals surface area contributed by atoms with Crippen molar-refractivity contribution in [3.63, 3.8) is 0 Å². The lowest BCUT2D eigenvalue weighted by Crippen LogP contribution is -2.63. The second kappa shape index (κ2) is 20.3. The van der Waals surface area contributed by atoms with Crippen molar-refractivity contribution in [2.75, 3.05) is 0 Å². The van der Waals surface area contributed by atoms with Crippen LogP contribution in [0.5, 0.6) is 0 Å². The molecule has 9 rings (SSSR count). The van der Waals surface area contributed by atoms with E-state index in [1.807, 2.05) is 41.5 Å². The van der Waals surface area contributed by atoms with Gasteiger partial charge in [-0.3, -0.25) is 4.79 Å². The molecule has 17 atom stereocenters. The third-order valence-corrected chi connectivity index (χ3v) is 23.6. The van der Waals surface area contributed by atoms with E-state index in [4.69, 9.17) is 4.74 Å². The van der Waals surface area contributed by atoms with E-state index in [1.54, 1.807) is 5.57 Å². The Kier molecular flexibility index (Phi) is 16.7. The van der Waals surface area contributed by atoms with Crippen LogP contribution in [0.4, 0.5) is 0 Å². The minimum Gasteiger partial charge on any atom is -0.462 e. The number of ether oxygens (including phenoxy) is 1. The molecule has 0 saturated heterocycles. The zero-order valence-electron chi connectivity index (χ0n) is 46.0. The number of esters is 1. The molecule has 0 heterocycles. The van der Waals surface area contributed by atoms with Crippen molar-refractivity contribution in [3.8, 4) is 0 Å². The standard InChI is InChI=1S/C56H92O2.3C2H6/c1-35(2)14-12-13-15-38-17-20-44-42-18-16-39-34-40(23-29-53(39,9)45(42)25-30-52(38,44)8)58-50(57)56-32-24-41(36(3)4)49(56)43-19-21-48-54(10,46(43)26-33-56)31-27-47-51(6,7)37(5)22-28-55(47,48)11;3*1-2/h16,35-38,40-49H,12-15,17-34H2,1-11H3;3*1-2H3/t37?,38?,40-,41?,42-,43-,44-,45-,46?,47?,48-,49?,52+,53-,54-,55-,56-;;;/m0.../s1. The maximum absolute atomic E-state index is 15.2. The second-order valence-corrected chi connectivity index (χ2v) is 26.5. The summed E-state index contributed by atoms with van der Waals surface area (Å²) in [6.07, 6.45) is 32.2. The fraction of sp³-hybridized carbons (Fsp3) is 0.952. The van der Waals surface area contributed by atoms with Crippen LogP contribution in [0.2, 0.25) is 0 Å². The van der Waals surface area contributed by atoms with Crippen molar-refractivity contribution in [2.24, 2.45) is 109 Å². The predicted octanol–water partition coefficient (Wildman–Crippen LogP) is 18.8. The molecule has 9 aliphatic rings. The van der Waals surface area contributed by atoms with E-state index in [9.17, 15) is 0 Å². The molecule has 0 aromatic heterocycles. The molecule has 0 spiro atoms. The maximum atomic E-state index is 15.2. The van der Waals surface area contributed by atoms with Gasteiger partial charge >= 0.3 is 5.97 Å². The molecular weight excluding hydrogens is 777 g/mol.